The zero-order valence-corrected chi connectivity index (χ0v) is 24.2. The fourth-order valence-corrected chi connectivity index (χ4v) is 5.03. The summed E-state index contributed by atoms with van der Waals surface area (Å²) >= 11 is 0. The molecule has 1 N–H and O–H groups in total. The van der Waals surface area contributed by atoms with Crippen LogP contribution in [0.3, 0.4) is 0 Å². The highest BCUT2D eigenvalue weighted by atomic mass is 16.5. The average molecular weight is 549 g/mol. The molecule has 0 saturated carbocycles. The molecule has 0 fully saturated rings. The highest BCUT2D eigenvalue weighted by molar-refractivity contribution is 5.88. The Morgan fingerprint density at radius 2 is 1.32 bits per heavy atom. The van der Waals surface area contributed by atoms with Crippen LogP contribution < -0.4 is 10.1 Å². The van der Waals surface area contributed by atoms with Crippen molar-refractivity contribution >= 4 is 11.8 Å². The molecule has 0 aliphatic heterocycles. The van der Waals surface area contributed by atoms with Crippen LogP contribution in [0.4, 0.5) is 0 Å². The number of amides is 2. The summed E-state index contributed by atoms with van der Waals surface area (Å²) in [5.74, 6) is 0.638. The third-order valence-corrected chi connectivity index (χ3v) is 7.23. The van der Waals surface area contributed by atoms with Gasteiger partial charge in [0.05, 0.1) is 7.11 Å². The van der Waals surface area contributed by atoms with E-state index in [-0.39, 0.29) is 24.2 Å². The van der Waals surface area contributed by atoms with Gasteiger partial charge in [-0.1, -0.05) is 117 Å². The second-order valence-corrected chi connectivity index (χ2v) is 10.8. The van der Waals surface area contributed by atoms with Crippen LogP contribution in [0.1, 0.15) is 48.4 Å². The van der Waals surface area contributed by atoms with Gasteiger partial charge < -0.3 is 15.0 Å². The van der Waals surface area contributed by atoms with E-state index in [0.29, 0.717) is 31.2 Å². The number of hydrogen-bond donors (Lipinski definition) is 1. The Kier molecular flexibility index (Phi) is 10.7. The molecule has 0 saturated heterocycles. The van der Waals surface area contributed by atoms with Gasteiger partial charge >= 0.3 is 0 Å². The lowest BCUT2D eigenvalue weighted by atomic mass is 9.87. The van der Waals surface area contributed by atoms with Crippen molar-refractivity contribution in [3.8, 4) is 5.75 Å². The molecule has 0 aliphatic carbocycles. The third kappa shape index (κ3) is 8.55. The van der Waals surface area contributed by atoms with Crippen LogP contribution in [0.25, 0.3) is 0 Å². The van der Waals surface area contributed by atoms with Crippen molar-refractivity contribution in [3.63, 3.8) is 0 Å². The smallest absolute Gasteiger partial charge is 0.243 e. The number of hydrogen-bond acceptors (Lipinski definition) is 3. The van der Waals surface area contributed by atoms with Gasteiger partial charge in [0.1, 0.15) is 11.8 Å². The highest BCUT2D eigenvalue weighted by Crippen LogP contribution is 2.30. The summed E-state index contributed by atoms with van der Waals surface area (Å²) in [5.41, 5.74) is 4.04. The molecule has 0 aromatic heterocycles. The first-order chi connectivity index (χ1) is 19.9. The average Bonchev–Trinajstić information content (AvgIpc) is 3.01. The van der Waals surface area contributed by atoms with E-state index in [9.17, 15) is 9.59 Å². The number of ether oxygens (including phenoxy) is 1. The Morgan fingerprint density at radius 3 is 1.88 bits per heavy atom. The van der Waals surface area contributed by atoms with Gasteiger partial charge in [0, 0.05) is 31.8 Å². The summed E-state index contributed by atoms with van der Waals surface area (Å²) in [6, 6.07) is 37.2. The van der Waals surface area contributed by atoms with E-state index < -0.39 is 6.04 Å². The number of nitrogens with one attached hydrogen (secondary N) is 1. The standard InChI is InChI=1S/C36H40N2O3/c1-27(2)25-37-36(40)34(23-28-14-7-4-8-15-28)38(26-29-16-13-21-32(22-29)41-3)35(39)24-33(30-17-9-5-10-18-30)31-19-11-6-12-20-31/h4-22,27,33-34H,23-26H2,1-3H3,(H,37,40)/t34-/m0/s1. The zero-order chi connectivity index (χ0) is 29.0. The topological polar surface area (TPSA) is 58.6 Å². The molecular formula is C36H40N2O3. The summed E-state index contributed by atoms with van der Waals surface area (Å²) < 4.78 is 5.46. The molecule has 41 heavy (non-hydrogen) atoms. The summed E-state index contributed by atoms with van der Waals surface area (Å²) in [7, 11) is 1.63. The van der Waals surface area contributed by atoms with Gasteiger partial charge in [-0.15, -0.1) is 0 Å². The van der Waals surface area contributed by atoms with Crippen LogP contribution in [-0.4, -0.2) is 36.4 Å². The first kappa shape index (κ1) is 29.6. The van der Waals surface area contributed by atoms with Gasteiger partial charge in [0.15, 0.2) is 0 Å². The minimum Gasteiger partial charge on any atom is -0.497 e. The lowest BCUT2D eigenvalue weighted by molar-refractivity contribution is -0.141. The molecule has 4 aromatic carbocycles. The largest absolute Gasteiger partial charge is 0.497 e. The van der Waals surface area contributed by atoms with Crippen molar-refractivity contribution in [2.24, 2.45) is 5.92 Å². The van der Waals surface area contributed by atoms with E-state index in [4.69, 9.17) is 4.74 Å². The SMILES string of the molecule is COc1cccc(CN(C(=O)CC(c2ccccc2)c2ccccc2)[C@@H](Cc2ccccc2)C(=O)NCC(C)C)c1. The second kappa shape index (κ2) is 14.8. The minimum atomic E-state index is -0.679. The van der Waals surface area contributed by atoms with Crippen LogP contribution in [0.5, 0.6) is 5.75 Å². The normalized spacial score (nSPS) is 11.7. The van der Waals surface area contributed by atoms with Crippen LogP contribution >= 0.6 is 0 Å². The molecular weight excluding hydrogens is 508 g/mol. The van der Waals surface area contributed by atoms with Gasteiger partial charge in [0.25, 0.3) is 0 Å². The maximum Gasteiger partial charge on any atom is 0.243 e. The zero-order valence-electron chi connectivity index (χ0n) is 24.2. The molecule has 4 aromatic rings. The second-order valence-electron chi connectivity index (χ2n) is 10.8. The predicted octanol–water partition coefficient (Wildman–Crippen LogP) is 6.63. The van der Waals surface area contributed by atoms with E-state index in [1.807, 2.05) is 91.0 Å². The lowest BCUT2D eigenvalue weighted by Gasteiger charge is -2.33. The van der Waals surface area contributed by atoms with Crippen molar-refractivity contribution in [1.82, 2.24) is 10.2 Å². The highest BCUT2D eigenvalue weighted by Gasteiger charge is 2.32. The van der Waals surface area contributed by atoms with E-state index in [0.717, 1.165) is 22.3 Å². The fourth-order valence-electron chi connectivity index (χ4n) is 5.03. The van der Waals surface area contributed by atoms with E-state index in [2.05, 4.69) is 43.4 Å². The number of carbonyl (C=O) groups excluding carboxylic acids is 2. The maximum absolute atomic E-state index is 14.4. The Hall–Kier alpha value is -4.38. The van der Waals surface area contributed by atoms with Crippen molar-refractivity contribution < 1.29 is 14.3 Å². The van der Waals surface area contributed by atoms with Gasteiger partial charge in [-0.2, -0.15) is 0 Å². The molecule has 5 heteroatoms. The van der Waals surface area contributed by atoms with Crippen LogP contribution in [-0.2, 0) is 22.6 Å². The Balaban J connectivity index is 1.73. The minimum absolute atomic E-state index is 0.0776. The number of methoxy groups -OCH3 is 1. The molecule has 0 spiro atoms. The Labute approximate surface area is 244 Å². The molecule has 1 atom stereocenters. The molecule has 0 bridgehead atoms. The Bertz CT molecular complexity index is 1330. The van der Waals surface area contributed by atoms with E-state index in [1.54, 1.807) is 12.0 Å². The molecule has 0 radical (unpaired) electrons. The predicted molar refractivity (Wildman–Crippen MR) is 165 cm³/mol. The summed E-state index contributed by atoms with van der Waals surface area (Å²) in [5, 5.41) is 3.11. The van der Waals surface area contributed by atoms with Gasteiger partial charge in [0.2, 0.25) is 11.8 Å². The number of nitrogens with zero attached hydrogens (tertiary/aromatic N) is 1. The molecule has 5 nitrogen and oxygen atoms in total. The first-order valence-corrected chi connectivity index (χ1v) is 14.3. The van der Waals surface area contributed by atoms with E-state index in [1.165, 1.54) is 0 Å². The molecule has 2 amide bonds. The summed E-state index contributed by atoms with van der Waals surface area (Å²) in [6.45, 7) is 4.97. The number of benzene rings is 4. The van der Waals surface area contributed by atoms with Crippen molar-refractivity contribution in [2.75, 3.05) is 13.7 Å². The van der Waals surface area contributed by atoms with Crippen molar-refractivity contribution in [1.29, 1.82) is 0 Å². The lowest BCUT2D eigenvalue weighted by Crippen LogP contribution is -2.51. The van der Waals surface area contributed by atoms with Gasteiger partial charge in [-0.25, -0.2) is 0 Å². The third-order valence-electron chi connectivity index (χ3n) is 7.23. The Morgan fingerprint density at radius 1 is 0.756 bits per heavy atom. The van der Waals surface area contributed by atoms with E-state index >= 15 is 0 Å². The van der Waals surface area contributed by atoms with Gasteiger partial charge in [-0.3, -0.25) is 9.59 Å². The van der Waals surface area contributed by atoms with Crippen molar-refractivity contribution in [3.05, 3.63) is 138 Å². The van der Waals surface area contributed by atoms with Gasteiger partial charge in [-0.05, 0) is 40.3 Å². The molecule has 0 aliphatic rings. The molecule has 0 unspecified atom stereocenters. The molecule has 212 valence electrons. The first-order valence-electron chi connectivity index (χ1n) is 14.3. The maximum atomic E-state index is 14.4. The molecule has 0 heterocycles. The monoisotopic (exact) mass is 548 g/mol. The van der Waals surface area contributed by atoms with Crippen LogP contribution in [0, 0.1) is 5.92 Å². The molecule has 4 rings (SSSR count). The fraction of sp³-hybridized carbons (Fsp3) is 0.278. The summed E-state index contributed by atoms with van der Waals surface area (Å²) in [4.78, 5) is 30.0. The summed E-state index contributed by atoms with van der Waals surface area (Å²) in [6.07, 6.45) is 0.655. The van der Waals surface area contributed by atoms with Crippen LogP contribution in [0.15, 0.2) is 115 Å². The van der Waals surface area contributed by atoms with Crippen molar-refractivity contribution in [2.45, 2.75) is 45.2 Å². The number of rotatable bonds is 13. The van der Waals surface area contributed by atoms with Crippen LogP contribution in [0.2, 0.25) is 0 Å². The quantitative estimate of drug-likeness (QED) is 0.204. The number of carbonyl (C=O) groups is 2.